The van der Waals surface area contributed by atoms with Gasteiger partial charge in [0.1, 0.15) is 23.0 Å². The number of furan rings is 1. The van der Waals surface area contributed by atoms with Crippen LogP contribution in [0.5, 0.6) is 11.5 Å². The number of aromatic nitrogens is 2. The van der Waals surface area contributed by atoms with Crippen LogP contribution >= 0.6 is 0 Å². The van der Waals surface area contributed by atoms with Gasteiger partial charge < -0.3 is 19.2 Å². The summed E-state index contributed by atoms with van der Waals surface area (Å²) in [6, 6.07) is 10.9. The van der Waals surface area contributed by atoms with Gasteiger partial charge in [0.15, 0.2) is 0 Å². The number of ether oxygens (including phenoxy) is 2. The van der Waals surface area contributed by atoms with Crippen LogP contribution in [0.25, 0.3) is 11.3 Å². The normalized spacial score (nSPS) is 12.1. The first-order valence-corrected chi connectivity index (χ1v) is 9.19. The molecule has 2 aromatic heterocycles. The first-order chi connectivity index (χ1) is 13.9. The van der Waals surface area contributed by atoms with Gasteiger partial charge in [-0.1, -0.05) is 0 Å². The molecule has 0 saturated heterocycles. The molecular weight excluding hydrogens is 372 g/mol. The van der Waals surface area contributed by atoms with E-state index in [0.717, 1.165) is 11.3 Å². The third-order valence-electron chi connectivity index (χ3n) is 4.75. The zero-order valence-electron chi connectivity index (χ0n) is 17.3. The summed E-state index contributed by atoms with van der Waals surface area (Å²) in [7, 11) is 8.81. The number of nitrogens with one attached hydrogen (secondary N) is 1. The number of methoxy groups -OCH3 is 2. The summed E-state index contributed by atoms with van der Waals surface area (Å²) in [6.45, 7) is 0.405. The molecule has 0 aliphatic carbocycles. The lowest BCUT2D eigenvalue weighted by Gasteiger charge is -2.22. The van der Waals surface area contributed by atoms with Crippen molar-refractivity contribution in [3.8, 4) is 22.8 Å². The summed E-state index contributed by atoms with van der Waals surface area (Å²) in [5.74, 6) is 1.92. The van der Waals surface area contributed by atoms with E-state index < -0.39 is 0 Å². The van der Waals surface area contributed by atoms with Gasteiger partial charge in [-0.15, -0.1) is 0 Å². The number of hydrogen-bond donors (Lipinski definition) is 1. The van der Waals surface area contributed by atoms with Crippen LogP contribution in [-0.2, 0) is 7.05 Å². The predicted octanol–water partition coefficient (Wildman–Crippen LogP) is 2.73. The Hall–Kier alpha value is -3.26. The standard InChI is InChI=1S/C21H26N4O4/c1-24(2)18(20-7-6-10-29-20)13-22-21(26)17-12-16(23-25(17)3)15-11-14(27-4)8-9-19(15)28-5/h6-12,18H,13H2,1-5H3,(H,22,26). The fraction of sp³-hybridized carbons (Fsp3) is 0.333. The van der Waals surface area contributed by atoms with Crippen LogP contribution in [0.1, 0.15) is 22.3 Å². The molecule has 0 spiro atoms. The summed E-state index contributed by atoms with van der Waals surface area (Å²) in [5, 5.41) is 7.46. The number of carbonyl (C=O) groups is 1. The Labute approximate surface area is 170 Å². The number of benzene rings is 1. The molecule has 0 aliphatic rings. The Morgan fingerprint density at radius 3 is 2.66 bits per heavy atom. The lowest BCUT2D eigenvalue weighted by molar-refractivity contribution is 0.0929. The fourth-order valence-corrected chi connectivity index (χ4v) is 3.12. The molecule has 1 unspecified atom stereocenters. The first kappa shape index (κ1) is 20.5. The zero-order valence-corrected chi connectivity index (χ0v) is 17.3. The average molecular weight is 398 g/mol. The van der Waals surface area contributed by atoms with E-state index in [2.05, 4.69) is 10.4 Å². The smallest absolute Gasteiger partial charge is 0.269 e. The van der Waals surface area contributed by atoms with Crippen LogP contribution in [-0.4, -0.2) is 55.4 Å². The molecule has 0 radical (unpaired) electrons. The molecular formula is C21H26N4O4. The van der Waals surface area contributed by atoms with Gasteiger partial charge in [-0.3, -0.25) is 14.4 Å². The van der Waals surface area contributed by atoms with Crippen molar-refractivity contribution >= 4 is 5.91 Å². The molecule has 1 amide bonds. The number of nitrogens with zero attached hydrogens (tertiary/aromatic N) is 3. The number of hydrogen-bond acceptors (Lipinski definition) is 6. The summed E-state index contributed by atoms with van der Waals surface area (Å²) in [5.41, 5.74) is 1.83. The van der Waals surface area contributed by atoms with Gasteiger partial charge in [0.25, 0.3) is 5.91 Å². The van der Waals surface area contributed by atoms with Gasteiger partial charge in [-0.2, -0.15) is 5.10 Å². The lowest BCUT2D eigenvalue weighted by Crippen LogP contribution is -2.35. The topological polar surface area (TPSA) is 81.8 Å². The maximum absolute atomic E-state index is 12.8. The zero-order chi connectivity index (χ0) is 21.0. The molecule has 1 aromatic carbocycles. The highest BCUT2D eigenvalue weighted by Crippen LogP contribution is 2.33. The third-order valence-corrected chi connectivity index (χ3v) is 4.75. The number of likely N-dealkylation sites (N-methyl/N-ethyl adjacent to an activating group) is 1. The maximum Gasteiger partial charge on any atom is 0.269 e. The van der Waals surface area contributed by atoms with Crippen molar-refractivity contribution in [2.45, 2.75) is 6.04 Å². The Morgan fingerprint density at radius 2 is 2.03 bits per heavy atom. The van der Waals surface area contributed by atoms with Crippen molar-refractivity contribution in [2.75, 3.05) is 34.9 Å². The minimum atomic E-state index is -0.216. The SMILES string of the molecule is COc1ccc(OC)c(-c2cc(C(=O)NCC(c3ccco3)N(C)C)n(C)n2)c1. The Balaban J connectivity index is 1.80. The monoisotopic (exact) mass is 398 g/mol. The molecule has 0 aliphatic heterocycles. The second-order valence-corrected chi connectivity index (χ2v) is 6.81. The molecule has 8 nitrogen and oxygen atoms in total. The highest BCUT2D eigenvalue weighted by molar-refractivity contribution is 5.94. The Bertz CT molecular complexity index is 963. The molecule has 154 valence electrons. The predicted molar refractivity (Wildman–Crippen MR) is 109 cm³/mol. The Kier molecular flexibility index (Phi) is 6.23. The molecule has 0 fully saturated rings. The molecule has 3 rings (SSSR count). The minimum absolute atomic E-state index is 0.0693. The van der Waals surface area contributed by atoms with Crippen LogP contribution in [0.4, 0.5) is 0 Å². The van der Waals surface area contributed by atoms with Crippen LogP contribution in [0, 0.1) is 0 Å². The van der Waals surface area contributed by atoms with E-state index in [4.69, 9.17) is 13.9 Å². The van der Waals surface area contributed by atoms with Gasteiger partial charge >= 0.3 is 0 Å². The first-order valence-electron chi connectivity index (χ1n) is 9.19. The van der Waals surface area contributed by atoms with Gasteiger partial charge in [0, 0.05) is 19.2 Å². The van der Waals surface area contributed by atoms with E-state index in [9.17, 15) is 4.79 Å². The van der Waals surface area contributed by atoms with Crippen molar-refractivity contribution in [1.82, 2.24) is 20.0 Å². The quantitative estimate of drug-likeness (QED) is 0.628. The molecule has 1 N–H and O–H groups in total. The van der Waals surface area contributed by atoms with E-state index in [1.165, 1.54) is 0 Å². The average Bonchev–Trinajstić information content (AvgIpc) is 3.37. The molecule has 0 saturated carbocycles. The van der Waals surface area contributed by atoms with Crippen molar-refractivity contribution in [2.24, 2.45) is 7.05 Å². The van der Waals surface area contributed by atoms with Crippen molar-refractivity contribution in [3.05, 3.63) is 54.1 Å². The summed E-state index contributed by atoms with van der Waals surface area (Å²) in [4.78, 5) is 14.8. The second-order valence-electron chi connectivity index (χ2n) is 6.81. The molecule has 29 heavy (non-hydrogen) atoms. The minimum Gasteiger partial charge on any atom is -0.497 e. The van der Waals surface area contributed by atoms with E-state index in [1.807, 2.05) is 49.3 Å². The number of rotatable bonds is 8. The highest BCUT2D eigenvalue weighted by atomic mass is 16.5. The number of aryl methyl sites for hydroxylation is 1. The Morgan fingerprint density at radius 1 is 1.24 bits per heavy atom. The fourth-order valence-electron chi connectivity index (χ4n) is 3.12. The van der Waals surface area contributed by atoms with Gasteiger partial charge in [-0.05, 0) is 50.5 Å². The number of carbonyl (C=O) groups excluding carboxylic acids is 1. The highest BCUT2D eigenvalue weighted by Gasteiger charge is 2.21. The van der Waals surface area contributed by atoms with Gasteiger partial charge in [0.05, 0.1) is 32.2 Å². The van der Waals surface area contributed by atoms with Gasteiger partial charge in [-0.25, -0.2) is 0 Å². The van der Waals surface area contributed by atoms with Crippen LogP contribution < -0.4 is 14.8 Å². The van der Waals surface area contributed by atoms with E-state index >= 15 is 0 Å². The van der Waals surface area contributed by atoms with Crippen LogP contribution in [0.3, 0.4) is 0 Å². The molecule has 2 heterocycles. The molecule has 3 aromatic rings. The maximum atomic E-state index is 12.8. The summed E-state index contributed by atoms with van der Waals surface area (Å²) >= 11 is 0. The van der Waals surface area contributed by atoms with Gasteiger partial charge in [0.2, 0.25) is 0 Å². The van der Waals surface area contributed by atoms with E-state index in [1.54, 1.807) is 38.3 Å². The summed E-state index contributed by atoms with van der Waals surface area (Å²) in [6.07, 6.45) is 1.63. The summed E-state index contributed by atoms with van der Waals surface area (Å²) < 4.78 is 17.8. The lowest BCUT2D eigenvalue weighted by atomic mass is 10.1. The molecule has 8 heteroatoms. The van der Waals surface area contributed by atoms with Crippen molar-refractivity contribution in [3.63, 3.8) is 0 Å². The molecule has 1 atom stereocenters. The second kappa shape index (κ2) is 8.83. The third kappa shape index (κ3) is 4.43. The van der Waals surface area contributed by atoms with E-state index in [0.29, 0.717) is 29.4 Å². The number of amides is 1. The molecule has 0 bridgehead atoms. The largest absolute Gasteiger partial charge is 0.497 e. The van der Waals surface area contributed by atoms with Crippen molar-refractivity contribution < 1.29 is 18.7 Å². The van der Waals surface area contributed by atoms with Crippen molar-refractivity contribution in [1.29, 1.82) is 0 Å². The van der Waals surface area contributed by atoms with E-state index in [-0.39, 0.29) is 11.9 Å². The van der Waals surface area contributed by atoms with Crippen LogP contribution in [0.15, 0.2) is 47.1 Å². The van der Waals surface area contributed by atoms with Crippen LogP contribution in [0.2, 0.25) is 0 Å².